The summed E-state index contributed by atoms with van der Waals surface area (Å²) in [5, 5.41) is 9.64. The van der Waals surface area contributed by atoms with Crippen molar-refractivity contribution in [1.29, 1.82) is 5.41 Å². The summed E-state index contributed by atoms with van der Waals surface area (Å²) in [6.45, 7) is 0. The van der Waals surface area contributed by atoms with Gasteiger partial charge in [0, 0.05) is 16.3 Å². The van der Waals surface area contributed by atoms with Gasteiger partial charge < -0.3 is 5.73 Å². The van der Waals surface area contributed by atoms with Gasteiger partial charge in [-0.25, -0.2) is 9.97 Å². The fourth-order valence-corrected chi connectivity index (χ4v) is 3.43. The smallest absolute Gasteiger partial charge is 0.141 e. The molecule has 0 saturated heterocycles. The number of rotatable bonds is 3. The number of hydrogen-bond acceptors (Lipinski definition) is 3. The Bertz CT molecular complexity index is 1450. The summed E-state index contributed by atoms with van der Waals surface area (Å²) in [6.07, 6.45) is 5.72. The fraction of sp³-hybridized carbons (Fsp3) is 0. The minimum absolute atomic E-state index is 0.0242. The van der Waals surface area contributed by atoms with Gasteiger partial charge in [0.1, 0.15) is 11.5 Å². The normalized spacial score (nSPS) is 12.5. The zero-order chi connectivity index (χ0) is 19.8. The van der Waals surface area contributed by atoms with E-state index in [4.69, 9.17) is 16.1 Å². The van der Waals surface area contributed by atoms with E-state index in [-0.39, 0.29) is 5.84 Å². The minimum Gasteiger partial charge on any atom is -0.382 e. The Kier molecular flexibility index (Phi) is 3.93. The lowest BCUT2D eigenvalue weighted by molar-refractivity contribution is 1.31. The molecule has 136 valence electrons. The second-order valence-electron chi connectivity index (χ2n) is 6.84. The summed E-state index contributed by atoms with van der Waals surface area (Å²) in [5.41, 5.74) is 17.9. The average Bonchev–Trinajstić information content (AvgIpc) is 2.78. The van der Waals surface area contributed by atoms with Gasteiger partial charge in [0.05, 0.1) is 16.7 Å². The lowest BCUT2D eigenvalue weighted by atomic mass is 10.0. The number of amidine groups is 1. The number of nitrogen functional groups attached to an aromatic ring is 1. The van der Waals surface area contributed by atoms with E-state index in [0.717, 1.165) is 44.2 Å². The second-order valence-corrected chi connectivity index (χ2v) is 6.84. The summed E-state index contributed by atoms with van der Waals surface area (Å²) in [4.78, 5) is 9.21. The molecule has 0 atom stereocenters. The highest BCUT2D eigenvalue weighted by molar-refractivity contribution is 5.96. The molecule has 0 amide bonds. The largest absolute Gasteiger partial charge is 0.382 e. The van der Waals surface area contributed by atoms with Crippen LogP contribution < -0.4 is 5.73 Å². The third-order valence-electron chi connectivity index (χ3n) is 4.94. The molecular formula is C25H16N4. The average molecular weight is 372 g/mol. The van der Waals surface area contributed by atoms with E-state index in [2.05, 4.69) is 40.7 Å². The number of nitrogens with one attached hydrogen (secondary N) is 1. The van der Waals surface area contributed by atoms with Crippen LogP contribution in [0.5, 0.6) is 0 Å². The van der Waals surface area contributed by atoms with Gasteiger partial charge in [-0.3, -0.25) is 5.41 Å². The van der Waals surface area contributed by atoms with Crippen molar-refractivity contribution in [3.05, 3.63) is 102 Å². The van der Waals surface area contributed by atoms with Crippen LogP contribution in [0, 0.1) is 5.41 Å². The monoisotopic (exact) mass is 372 g/mol. The molecule has 3 N–H and O–H groups in total. The zero-order valence-corrected chi connectivity index (χ0v) is 15.5. The number of allylic oxidation sites excluding steroid dienone is 4. The van der Waals surface area contributed by atoms with Crippen LogP contribution in [-0.2, 0) is 0 Å². The van der Waals surface area contributed by atoms with E-state index in [1.54, 1.807) is 6.07 Å². The maximum atomic E-state index is 7.54. The number of fused-ring (bicyclic) bond motifs is 2. The summed E-state index contributed by atoms with van der Waals surface area (Å²) in [5.74, 6) is -0.0242. The van der Waals surface area contributed by atoms with E-state index < -0.39 is 0 Å². The molecule has 4 heteroatoms. The van der Waals surface area contributed by atoms with Gasteiger partial charge in [-0.1, -0.05) is 35.7 Å². The van der Waals surface area contributed by atoms with Gasteiger partial charge in [0.15, 0.2) is 0 Å². The molecule has 5 rings (SSSR count). The zero-order valence-electron chi connectivity index (χ0n) is 15.5. The van der Waals surface area contributed by atoms with Crippen molar-refractivity contribution in [1.82, 2.24) is 9.97 Å². The number of aromatic nitrogens is 2. The molecule has 0 saturated carbocycles. The Balaban J connectivity index is 1.53. The number of nitrogens with zero attached hydrogens (tertiary/aromatic N) is 2. The number of benzene rings is 2. The molecule has 0 spiro atoms. The van der Waals surface area contributed by atoms with Crippen molar-refractivity contribution in [2.24, 2.45) is 5.73 Å². The second kappa shape index (κ2) is 6.74. The third kappa shape index (κ3) is 3.15. The maximum absolute atomic E-state index is 7.54. The van der Waals surface area contributed by atoms with Crippen LogP contribution in [-0.4, -0.2) is 15.8 Å². The van der Waals surface area contributed by atoms with E-state index in [9.17, 15) is 0 Å². The predicted octanol–water partition coefficient (Wildman–Crippen LogP) is 5.00. The van der Waals surface area contributed by atoms with Crippen LogP contribution in [0.3, 0.4) is 0 Å². The lowest BCUT2D eigenvalue weighted by Gasteiger charge is -2.08. The molecule has 2 aromatic heterocycles. The van der Waals surface area contributed by atoms with Crippen LogP contribution in [0.1, 0.15) is 11.4 Å². The molecule has 0 bridgehead atoms. The van der Waals surface area contributed by atoms with Gasteiger partial charge in [-0.15, -0.1) is 0 Å². The van der Waals surface area contributed by atoms with Crippen molar-refractivity contribution < 1.29 is 0 Å². The van der Waals surface area contributed by atoms with Gasteiger partial charge in [0.25, 0.3) is 0 Å². The molecule has 0 aliphatic heterocycles. The van der Waals surface area contributed by atoms with Crippen molar-refractivity contribution in [3.8, 4) is 11.1 Å². The highest BCUT2D eigenvalue weighted by Crippen LogP contribution is 2.28. The molecule has 2 heterocycles. The maximum Gasteiger partial charge on any atom is 0.141 e. The molecule has 29 heavy (non-hydrogen) atoms. The summed E-state index contributed by atoms with van der Waals surface area (Å²) >= 11 is 0. The van der Waals surface area contributed by atoms with Crippen LogP contribution in [0.15, 0.2) is 90.4 Å². The van der Waals surface area contributed by atoms with E-state index >= 15 is 0 Å². The van der Waals surface area contributed by atoms with Crippen LogP contribution >= 0.6 is 0 Å². The molecule has 1 aliphatic carbocycles. The van der Waals surface area contributed by atoms with Gasteiger partial charge in [-0.2, -0.15) is 0 Å². The van der Waals surface area contributed by atoms with Crippen LogP contribution in [0.25, 0.3) is 38.5 Å². The Morgan fingerprint density at radius 3 is 2.14 bits per heavy atom. The molecule has 2 aromatic carbocycles. The van der Waals surface area contributed by atoms with Crippen molar-refractivity contribution in [3.63, 3.8) is 0 Å². The minimum atomic E-state index is -0.0242. The van der Waals surface area contributed by atoms with E-state index in [1.807, 2.05) is 48.6 Å². The molecular weight excluding hydrogens is 356 g/mol. The molecule has 4 aromatic rings. The number of nitrogens with two attached hydrogens (primary N) is 1. The van der Waals surface area contributed by atoms with Crippen molar-refractivity contribution in [2.75, 3.05) is 0 Å². The Hall–Kier alpha value is -4.23. The third-order valence-corrected chi connectivity index (χ3v) is 4.94. The first-order valence-electron chi connectivity index (χ1n) is 9.22. The standard InChI is InChI=1S/C25H16N4/c26-25(27)24-13-9-20-15-18(7-11-23(20)29-24)17-6-10-22-19(14-17)8-12-21(28-22)16-4-2-1-3-5-16/h2,4-15H,(H3,26,27). The quantitative estimate of drug-likeness (QED) is 0.302. The summed E-state index contributed by atoms with van der Waals surface area (Å²) < 4.78 is 0. The molecule has 0 unspecified atom stereocenters. The topological polar surface area (TPSA) is 75.7 Å². The highest BCUT2D eigenvalue weighted by Gasteiger charge is 2.07. The van der Waals surface area contributed by atoms with Gasteiger partial charge in [-0.05, 0) is 65.8 Å². The van der Waals surface area contributed by atoms with E-state index in [1.165, 1.54) is 0 Å². The van der Waals surface area contributed by atoms with Gasteiger partial charge in [0.2, 0.25) is 0 Å². The molecule has 1 aliphatic rings. The lowest BCUT2D eigenvalue weighted by Crippen LogP contribution is -2.12. The summed E-state index contributed by atoms with van der Waals surface area (Å²) in [6, 6.07) is 20.2. The van der Waals surface area contributed by atoms with Crippen LogP contribution in [0.2, 0.25) is 0 Å². The molecule has 0 fully saturated rings. The summed E-state index contributed by atoms with van der Waals surface area (Å²) in [7, 11) is 0. The van der Waals surface area contributed by atoms with Gasteiger partial charge >= 0.3 is 0 Å². The molecule has 0 radical (unpaired) electrons. The number of hydrogen-bond donors (Lipinski definition) is 2. The Morgan fingerprint density at radius 2 is 1.48 bits per heavy atom. The van der Waals surface area contributed by atoms with Crippen molar-refractivity contribution >= 4 is 33.2 Å². The highest BCUT2D eigenvalue weighted by atomic mass is 14.8. The predicted molar refractivity (Wildman–Crippen MR) is 118 cm³/mol. The first-order valence-corrected chi connectivity index (χ1v) is 9.22. The first-order chi connectivity index (χ1) is 14.2. The SMILES string of the molecule is N=C(N)c1ccc2cc(-c3ccc4nc(C5=CC=C=C=C5)ccc4c3)ccc2n1. The Morgan fingerprint density at radius 1 is 0.793 bits per heavy atom. The first kappa shape index (κ1) is 16.9. The number of pyridine rings is 2. The Labute approximate surface area is 167 Å². The fourth-order valence-electron chi connectivity index (χ4n) is 3.43. The molecule has 4 nitrogen and oxygen atoms in total. The van der Waals surface area contributed by atoms with Crippen LogP contribution in [0.4, 0.5) is 0 Å². The van der Waals surface area contributed by atoms with E-state index in [0.29, 0.717) is 5.69 Å². The van der Waals surface area contributed by atoms with Crippen molar-refractivity contribution in [2.45, 2.75) is 0 Å².